The second-order valence-corrected chi connectivity index (χ2v) is 12.9. The number of nitrogens with zero attached hydrogens (tertiary/aromatic N) is 2. The third-order valence-corrected chi connectivity index (χ3v) is 8.26. The monoisotopic (exact) mass is 562 g/mol. The predicted octanol–water partition coefficient (Wildman–Crippen LogP) is 3.14. The van der Waals surface area contributed by atoms with E-state index in [0.717, 1.165) is 23.6 Å². The zero-order chi connectivity index (χ0) is 27.4. The van der Waals surface area contributed by atoms with Crippen LogP contribution in [0.25, 0.3) is 11.1 Å². The Balaban J connectivity index is 1.99. The van der Waals surface area contributed by atoms with Crippen LogP contribution >= 0.6 is 11.6 Å². The molecule has 0 saturated heterocycles. The summed E-state index contributed by atoms with van der Waals surface area (Å²) in [5.41, 5.74) is 2.89. The Morgan fingerprint density at radius 2 is 1.76 bits per heavy atom. The fraction of sp³-hybridized carbons (Fsp3) is 0.200. The maximum atomic E-state index is 13.2. The smallest absolute Gasteiger partial charge is 0.258 e. The number of carbonyl (C=O) groups excluding carboxylic acids is 1. The molecule has 1 amide bonds. The minimum absolute atomic E-state index is 0.139. The van der Waals surface area contributed by atoms with Crippen molar-refractivity contribution < 1.29 is 21.6 Å². The average molecular weight is 563 g/mol. The molecule has 0 aliphatic rings. The van der Waals surface area contributed by atoms with Crippen LogP contribution in [0.5, 0.6) is 0 Å². The number of carbonyl (C=O) groups is 1. The standard InChI is InChI=1S/C25H27ClN4O5S2/c1-30(37(3,34)35)25(31)23(14-17-7-6-8-18(13-17)16-28-27)29-22-12-11-19(15-21(22)26)20-9-4-5-10-24(20)36(2,32)33/h4-13,15-16,23,29H,14,27H2,1-3H3/t23-/m0/s1. The second kappa shape index (κ2) is 11.3. The van der Waals surface area contributed by atoms with E-state index in [1.807, 2.05) is 0 Å². The number of sulfonamides is 1. The van der Waals surface area contributed by atoms with E-state index in [1.165, 1.54) is 19.3 Å². The molecule has 3 N–H and O–H groups in total. The summed E-state index contributed by atoms with van der Waals surface area (Å²) in [7, 11) is -6.10. The van der Waals surface area contributed by atoms with E-state index in [2.05, 4.69) is 10.4 Å². The van der Waals surface area contributed by atoms with Crippen LogP contribution in [0.3, 0.4) is 0 Å². The summed E-state index contributed by atoms with van der Waals surface area (Å²) in [5, 5.41) is 6.79. The van der Waals surface area contributed by atoms with Crippen LogP contribution in [0.4, 0.5) is 5.69 Å². The first-order chi connectivity index (χ1) is 17.3. The maximum Gasteiger partial charge on any atom is 0.258 e. The van der Waals surface area contributed by atoms with Crippen molar-refractivity contribution in [2.24, 2.45) is 10.9 Å². The van der Waals surface area contributed by atoms with Crippen molar-refractivity contribution in [2.45, 2.75) is 17.4 Å². The predicted molar refractivity (Wildman–Crippen MR) is 147 cm³/mol. The van der Waals surface area contributed by atoms with E-state index >= 15 is 0 Å². The largest absolute Gasteiger partial charge is 0.372 e. The molecule has 0 unspecified atom stereocenters. The summed E-state index contributed by atoms with van der Waals surface area (Å²) in [6.07, 6.45) is 3.67. The lowest BCUT2D eigenvalue weighted by Gasteiger charge is -2.25. The lowest BCUT2D eigenvalue weighted by molar-refractivity contribution is -0.126. The first kappa shape index (κ1) is 28.2. The maximum absolute atomic E-state index is 13.2. The number of nitrogens with one attached hydrogen (secondary N) is 1. The van der Waals surface area contributed by atoms with Crippen LogP contribution in [0.1, 0.15) is 11.1 Å². The fourth-order valence-corrected chi connectivity index (χ4v) is 5.32. The summed E-state index contributed by atoms with van der Waals surface area (Å²) >= 11 is 6.55. The first-order valence-corrected chi connectivity index (χ1v) is 15.1. The molecule has 196 valence electrons. The number of halogens is 1. The highest BCUT2D eigenvalue weighted by atomic mass is 35.5. The summed E-state index contributed by atoms with van der Waals surface area (Å²) in [6, 6.07) is 17.6. The van der Waals surface area contributed by atoms with Crippen molar-refractivity contribution in [3.05, 3.63) is 82.9 Å². The SMILES string of the molecule is CN(C(=O)[C@H](Cc1cccc(C=NN)c1)Nc1ccc(-c2ccccc2S(C)(=O)=O)cc1Cl)S(C)(=O)=O. The lowest BCUT2D eigenvalue weighted by Crippen LogP contribution is -2.44. The molecule has 0 aliphatic carbocycles. The fourth-order valence-electron chi connectivity index (χ4n) is 3.72. The zero-order valence-electron chi connectivity index (χ0n) is 20.4. The molecule has 0 aliphatic heterocycles. The Morgan fingerprint density at radius 1 is 1.05 bits per heavy atom. The minimum Gasteiger partial charge on any atom is -0.372 e. The van der Waals surface area contributed by atoms with Crippen molar-refractivity contribution in [1.29, 1.82) is 0 Å². The highest BCUT2D eigenvalue weighted by Crippen LogP contribution is 2.33. The third-order valence-electron chi connectivity index (χ3n) is 5.62. The van der Waals surface area contributed by atoms with Crippen LogP contribution in [0, 0.1) is 0 Å². The van der Waals surface area contributed by atoms with Gasteiger partial charge in [-0.15, -0.1) is 0 Å². The molecule has 0 heterocycles. The molecule has 3 aromatic rings. The van der Waals surface area contributed by atoms with Gasteiger partial charge < -0.3 is 11.2 Å². The van der Waals surface area contributed by atoms with Crippen LogP contribution in [-0.2, 0) is 31.1 Å². The van der Waals surface area contributed by atoms with Gasteiger partial charge in [-0.05, 0) is 34.9 Å². The van der Waals surface area contributed by atoms with Crippen molar-refractivity contribution in [2.75, 3.05) is 24.9 Å². The van der Waals surface area contributed by atoms with E-state index in [-0.39, 0.29) is 16.3 Å². The molecule has 37 heavy (non-hydrogen) atoms. The summed E-state index contributed by atoms with van der Waals surface area (Å²) in [4.78, 5) is 13.4. The molecule has 3 rings (SSSR count). The Hall–Kier alpha value is -3.41. The molecule has 0 spiro atoms. The molecule has 0 saturated carbocycles. The first-order valence-electron chi connectivity index (χ1n) is 11.0. The highest BCUT2D eigenvalue weighted by Gasteiger charge is 2.28. The van der Waals surface area contributed by atoms with Gasteiger partial charge in [-0.3, -0.25) is 4.79 Å². The quantitative estimate of drug-likeness (QED) is 0.232. The molecule has 12 heteroatoms. The van der Waals surface area contributed by atoms with Crippen LogP contribution in [-0.4, -0.2) is 58.9 Å². The Labute approximate surface area is 221 Å². The van der Waals surface area contributed by atoms with Gasteiger partial charge in [-0.2, -0.15) is 5.10 Å². The van der Waals surface area contributed by atoms with Crippen molar-refractivity contribution >= 4 is 49.3 Å². The van der Waals surface area contributed by atoms with E-state index in [0.29, 0.717) is 21.1 Å². The summed E-state index contributed by atoms with van der Waals surface area (Å²) in [6.45, 7) is 0. The molecule has 3 aromatic carbocycles. The number of benzene rings is 3. The van der Waals surface area contributed by atoms with Gasteiger partial charge in [0.05, 0.1) is 28.1 Å². The van der Waals surface area contributed by atoms with Gasteiger partial charge in [0.15, 0.2) is 9.84 Å². The van der Waals surface area contributed by atoms with Crippen LogP contribution < -0.4 is 11.2 Å². The molecule has 9 nitrogen and oxygen atoms in total. The number of anilines is 1. The molecule has 1 atom stereocenters. The number of hydrazone groups is 1. The molecule has 0 fully saturated rings. The van der Waals surface area contributed by atoms with Crippen molar-refractivity contribution in [3.63, 3.8) is 0 Å². The second-order valence-electron chi connectivity index (χ2n) is 8.46. The van der Waals surface area contributed by atoms with Gasteiger partial charge in [0.1, 0.15) is 6.04 Å². The average Bonchev–Trinajstić information content (AvgIpc) is 2.83. The van der Waals surface area contributed by atoms with Gasteiger partial charge in [0, 0.05) is 25.3 Å². The number of rotatable bonds is 9. The van der Waals surface area contributed by atoms with E-state index in [4.69, 9.17) is 17.4 Å². The third kappa shape index (κ3) is 7.09. The Bertz CT molecular complexity index is 1560. The molecule has 0 bridgehead atoms. The highest BCUT2D eigenvalue weighted by molar-refractivity contribution is 7.90. The number of hydrogen-bond donors (Lipinski definition) is 2. The van der Waals surface area contributed by atoms with E-state index in [1.54, 1.807) is 60.7 Å². The van der Waals surface area contributed by atoms with Gasteiger partial charge >= 0.3 is 0 Å². The van der Waals surface area contributed by atoms with Gasteiger partial charge in [-0.25, -0.2) is 21.1 Å². The topological polar surface area (TPSA) is 139 Å². The van der Waals surface area contributed by atoms with Crippen LogP contribution in [0.15, 0.2) is 76.7 Å². The number of hydrogen-bond acceptors (Lipinski definition) is 8. The summed E-state index contributed by atoms with van der Waals surface area (Å²) < 4.78 is 49.3. The Morgan fingerprint density at radius 3 is 2.38 bits per heavy atom. The number of likely N-dealkylation sites (N-methyl/N-ethyl adjacent to an activating group) is 1. The van der Waals surface area contributed by atoms with E-state index in [9.17, 15) is 21.6 Å². The van der Waals surface area contributed by atoms with Crippen LogP contribution in [0.2, 0.25) is 5.02 Å². The zero-order valence-corrected chi connectivity index (χ0v) is 22.8. The van der Waals surface area contributed by atoms with Gasteiger partial charge in [0.2, 0.25) is 10.0 Å². The lowest BCUT2D eigenvalue weighted by atomic mass is 10.0. The van der Waals surface area contributed by atoms with Gasteiger partial charge in [0.25, 0.3) is 5.91 Å². The number of sulfone groups is 1. The normalized spacial score (nSPS) is 12.9. The number of nitrogens with two attached hydrogens (primary N) is 1. The molecule has 0 aromatic heterocycles. The minimum atomic E-state index is -3.80. The summed E-state index contributed by atoms with van der Waals surface area (Å²) in [5.74, 6) is 4.56. The van der Waals surface area contributed by atoms with Crippen molar-refractivity contribution in [3.8, 4) is 11.1 Å². The van der Waals surface area contributed by atoms with Crippen molar-refractivity contribution in [1.82, 2.24) is 4.31 Å². The Kier molecular flexibility index (Phi) is 8.62. The number of amides is 1. The van der Waals surface area contributed by atoms with Gasteiger partial charge in [-0.1, -0.05) is 60.1 Å². The molecular formula is C25H27ClN4O5S2. The van der Waals surface area contributed by atoms with E-state index < -0.39 is 31.8 Å². The molecule has 0 radical (unpaired) electrons. The molecular weight excluding hydrogens is 536 g/mol.